The van der Waals surface area contributed by atoms with Gasteiger partial charge >= 0.3 is 0 Å². The van der Waals surface area contributed by atoms with E-state index in [2.05, 4.69) is 31.2 Å². The topological polar surface area (TPSA) is 43.7 Å². The third kappa shape index (κ3) is 4.88. The summed E-state index contributed by atoms with van der Waals surface area (Å²) in [6.45, 7) is 10.9. The van der Waals surface area contributed by atoms with Crippen molar-refractivity contribution in [3.63, 3.8) is 0 Å². The molecule has 23 heavy (non-hydrogen) atoms. The van der Waals surface area contributed by atoms with Gasteiger partial charge in [-0.2, -0.15) is 5.10 Å². The van der Waals surface area contributed by atoms with E-state index in [9.17, 15) is 4.39 Å². The Balaban J connectivity index is 1.94. The summed E-state index contributed by atoms with van der Waals surface area (Å²) in [4.78, 5) is 0. The molecule has 0 unspecified atom stereocenters. The summed E-state index contributed by atoms with van der Waals surface area (Å²) in [5, 5.41) is 6.89. The summed E-state index contributed by atoms with van der Waals surface area (Å²) in [6.07, 6.45) is 1.34. The standard InChI is InChI=1S/C18H26FN3O/c1-13(2)23-11-5-10-20-12-18-14(3)21-22(15(18)4)17-8-6-16(19)7-9-17/h6-9,13,20H,5,10-12H2,1-4H3/p+1. The fourth-order valence-corrected chi connectivity index (χ4v) is 2.60. The number of hydrogen-bond acceptors (Lipinski definition) is 2. The van der Waals surface area contributed by atoms with Crippen molar-refractivity contribution >= 4 is 0 Å². The zero-order chi connectivity index (χ0) is 16.8. The molecule has 2 N–H and O–H groups in total. The lowest BCUT2D eigenvalue weighted by Gasteiger charge is -2.07. The quantitative estimate of drug-likeness (QED) is 0.760. The highest BCUT2D eigenvalue weighted by Gasteiger charge is 2.14. The van der Waals surface area contributed by atoms with E-state index in [1.54, 1.807) is 12.1 Å². The van der Waals surface area contributed by atoms with Crippen LogP contribution in [0.4, 0.5) is 4.39 Å². The van der Waals surface area contributed by atoms with Crippen LogP contribution in [0.3, 0.4) is 0 Å². The normalized spacial score (nSPS) is 11.4. The molecule has 0 aliphatic rings. The molecule has 0 atom stereocenters. The monoisotopic (exact) mass is 320 g/mol. The number of rotatable bonds is 8. The minimum Gasteiger partial charge on any atom is -0.379 e. The Morgan fingerprint density at radius 1 is 1.22 bits per heavy atom. The zero-order valence-corrected chi connectivity index (χ0v) is 14.5. The van der Waals surface area contributed by atoms with Gasteiger partial charge in [0.1, 0.15) is 12.4 Å². The average Bonchev–Trinajstić information content (AvgIpc) is 2.79. The van der Waals surface area contributed by atoms with E-state index in [-0.39, 0.29) is 5.82 Å². The van der Waals surface area contributed by atoms with E-state index in [1.807, 2.05) is 11.6 Å². The number of aryl methyl sites for hydroxylation is 1. The molecule has 0 spiro atoms. The van der Waals surface area contributed by atoms with Crippen molar-refractivity contribution in [1.82, 2.24) is 9.78 Å². The van der Waals surface area contributed by atoms with Crippen LogP contribution in [-0.2, 0) is 11.3 Å². The van der Waals surface area contributed by atoms with Gasteiger partial charge in [-0.1, -0.05) is 0 Å². The van der Waals surface area contributed by atoms with Crippen LogP contribution in [0.1, 0.15) is 37.2 Å². The van der Waals surface area contributed by atoms with Gasteiger partial charge in [-0.3, -0.25) is 0 Å². The number of benzene rings is 1. The molecule has 0 bridgehead atoms. The second-order valence-corrected chi connectivity index (χ2v) is 6.09. The molecule has 2 aromatic rings. The molecule has 0 amide bonds. The second kappa shape index (κ2) is 8.22. The van der Waals surface area contributed by atoms with Crippen LogP contribution in [0.15, 0.2) is 24.3 Å². The summed E-state index contributed by atoms with van der Waals surface area (Å²) in [7, 11) is 0. The van der Waals surface area contributed by atoms with Crippen molar-refractivity contribution in [3.8, 4) is 5.69 Å². The van der Waals surface area contributed by atoms with Crippen LogP contribution in [0.5, 0.6) is 0 Å². The maximum Gasteiger partial charge on any atom is 0.123 e. The van der Waals surface area contributed by atoms with Gasteiger partial charge in [0.25, 0.3) is 0 Å². The lowest BCUT2D eigenvalue weighted by Crippen LogP contribution is -2.82. The summed E-state index contributed by atoms with van der Waals surface area (Å²) in [5.74, 6) is -0.229. The molecule has 1 aromatic carbocycles. The first-order valence-corrected chi connectivity index (χ1v) is 8.23. The summed E-state index contributed by atoms with van der Waals surface area (Å²) >= 11 is 0. The van der Waals surface area contributed by atoms with Crippen molar-refractivity contribution in [3.05, 3.63) is 47.0 Å². The van der Waals surface area contributed by atoms with Crippen LogP contribution < -0.4 is 5.32 Å². The number of halogens is 1. The summed E-state index contributed by atoms with van der Waals surface area (Å²) < 4.78 is 20.5. The molecular weight excluding hydrogens is 293 g/mol. The minimum absolute atomic E-state index is 0.229. The third-order valence-corrected chi connectivity index (χ3v) is 3.86. The van der Waals surface area contributed by atoms with E-state index in [4.69, 9.17) is 4.74 Å². The molecule has 0 aliphatic carbocycles. The Hall–Kier alpha value is -1.72. The van der Waals surface area contributed by atoms with E-state index in [0.717, 1.165) is 43.2 Å². The number of quaternary nitrogens is 1. The molecule has 4 nitrogen and oxygen atoms in total. The first-order valence-electron chi connectivity index (χ1n) is 8.23. The Morgan fingerprint density at radius 3 is 2.57 bits per heavy atom. The van der Waals surface area contributed by atoms with Crippen molar-refractivity contribution < 1.29 is 14.4 Å². The largest absolute Gasteiger partial charge is 0.379 e. The first kappa shape index (κ1) is 17.6. The van der Waals surface area contributed by atoms with Crippen molar-refractivity contribution in [2.45, 2.75) is 46.8 Å². The lowest BCUT2D eigenvalue weighted by molar-refractivity contribution is -0.671. The van der Waals surface area contributed by atoms with Crippen molar-refractivity contribution in [2.75, 3.05) is 13.2 Å². The van der Waals surface area contributed by atoms with Gasteiger partial charge in [0, 0.05) is 6.42 Å². The fraction of sp³-hybridized carbons (Fsp3) is 0.500. The van der Waals surface area contributed by atoms with Crippen LogP contribution in [0, 0.1) is 19.7 Å². The SMILES string of the molecule is Cc1nn(-c2ccc(F)cc2)c(C)c1C[NH2+]CCCOC(C)C. The van der Waals surface area contributed by atoms with E-state index < -0.39 is 0 Å². The van der Waals surface area contributed by atoms with E-state index >= 15 is 0 Å². The average molecular weight is 320 g/mol. The van der Waals surface area contributed by atoms with Crippen LogP contribution in [0.25, 0.3) is 5.69 Å². The van der Waals surface area contributed by atoms with Crippen LogP contribution in [0.2, 0.25) is 0 Å². The van der Waals surface area contributed by atoms with E-state index in [1.165, 1.54) is 17.7 Å². The Labute approximate surface area is 137 Å². The van der Waals surface area contributed by atoms with Gasteiger partial charge in [-0.15, -0.1) is 0 Å². The van der Waals surface area contributed by atoms with Gasteiger partial charge in [-0.05, 0) is 52.0 Å². The molecule has 0 fully saturated rings. The van der Waals surface area contributed by atoms with Gasteiger partial charge < -0.3 is 10.1 Å². The highest BCUT2D eigenvalue weighted by atomic mass is 19.1. The molecule has 0 saturated carbocycles. The first-order chi connectivity index (χ1) is 11.0. The van der Waals surface area contributed by atoms with E-state index in [0.29, 0.717) is 6.10 Å². The molecule has 1 heterocycles. The fourth-order valence-electron chi connectivity index (χ4n) is 2.60. The number of nitrogens with two attached hydrogens (primary N) is 1. The van der Waals surface area contributed by atoms with Gasteiger partial charge in [0.05, 0.1) is 41.9 Å². The third-order valence-electron chi connectivity index (χ3n) is 3.86. The molecule has 0 saturated heterocycles. The summed E-state index contributed by atoms with van der Waals surface area (Å²) in [6, 6.07) is 6.44. The van der Waals surface area contributed by atoms with Crippen LogP contribution in [-0.4, -0.2) is 29.0 Å². The molecular formula is C18H27FN3O+. The van der Waals surface area contributed by atoms with Gasteiger partial charge in [0.15, 0.2) is 0 Å². The summed E-state index contributed by atoms with van der Waals surface area (Å²) in [5.41, 5.74) is 4.29. The highest BCUT2D eigenvalue weighted by Crippen LogP contribution is 2.17. The molecule has 0 radical (unpaired) electrons. The Morgan fingerprint density at radius 2 is 1.91 bits per heavy atom. The van der Waals surface area contributed by atoms with Crippen molar-refractivity contribution in [2.24, 2.45) is 0 Å². The molecule has 126 valence electrons. The zero-order valence-electron chi connectivity index (χ0n) is 14.5. The molecule has 0 aliphatic heterocycles. The Kier molecular flexibility index (Phi) is 6.30. The lowest BCUT2D eigenvalue weighted by atomic mass is 10.2. The Bertz CT molecular complexity index is 620. The van der Waals surface area contributed by atoms with Gasteiger partial charge in [-0.25, -0.2) is 9.07 Å². The smallest absolute Gasteiger partial charge is 0.123 e. The highest BCUT2D eigenvalue weighted by molar-refractivity contribution is 5.36. The number of ether oxygens (including phenoxy) is 1. The molecule has 5 heteroatoms. The predicted octanol–water partition coefficient (Wildman–Crippen LogP) is 2.51. The predicted molar refractivity (Wildman–Crippen MR) is 89.2 cm³/mol. The number of aromatic nitrogens is 2. The van der Waals surface area contributed by atoms with Gasteiger partial charge in [0.2, 0.25) is 0 Å². The number of hydrogen-bond donors (Lipinski definition) is 1. The number of nitrogens with zero attached hydrogens (tertiary/aromatic N) is 2. The maximum atomic E-state index is 13.1. The second-order valence-electron chi connectivity index (χ2n) is 6.09. The van der Waals surface area contributed by atoms with Crippen LogP contribution >= 0.6 is 0 Å². The molecule has 1 aromatic heterocycles. The minimum atomic E-state index is -0.229. The maximum absolute atomic E-state index is 13.1. The molecule has 2 rings (SSSR count). The van der Waals surface area contributed by atoms with Crippen molar-refractivity contribution in [1.29, 1.82) is 0 Å².